The second kappa shape index (κ2) is 6.23. The Kier molecular flexibility index (Phi) is 5.24. The summed E-state index contributed by atoms with van der Waals surface area (Å²) in [5, 5.41) is 0. The summed E-state index contributed by atoms with van der Waals surface area (Å²) >= 11 is 0. The SMILES string of the molecule is CCCCC(C)(CCC)c1ccc(C)cc1C. The van der Waals surface area contributed by atoms with Crippen molar-refractivity contribution in [2.45, 2.75) is 72.1 Å². The summed E-state index contributed by atoms with van der Waals surface area (Å²) in [4.78, 5) is 0. The molecule has 0 heteroatoms. The lowest BCUT2D eigenvalue weighted by molar-refractivity contribution is 0.381. The zero-order chi connectivity index (χ0) is 12.9. The average Bonchev–Trinajstić information content (AvgIpc) is 2.26. The van der Waals surface area contributed by atoms with Crippen LogP contribution in [0.4, 0.5) is 0 Å². The summed E-state index contributed by atoms with van der Waals surface area (Å²) in [5.74, 6) is 0. The van der Waals surface area contributed by atoms with Crippen LogP contribution in [-0.2, 0) is 5.41 Å². The molecule has 0 nitrogen and oxygen atoms in total. The normalized spacial score (nSPS) is 14.6. The molecule has 1 aromatic rings. The van der Waals surface area contributed by atoms with Crippen molar-refractivity contribution in [1.82, 2.24) is 0 Å². The Labute approximate surface area is 107 Å². The predicted octanol–water partition coefficient (Wildman–Crippen LogP) is 5.55. The van der Waals surface area contributed by atoms with Crippen molar-refractivity contribution in [2.24, 2.45) is 0 Å². The van der Waals surface area contributed by atoms with Crippen LogP contribution in [0.5, 0.6) is 0 Å². The maximum absolute atomic E-state index is 2.45. The van der Waals surface area contributed by atoms with Crippen molar-refractivity contribution in [1.29, 1.82) is 0 Å². The Morgan fingerprint density at radius 1 is 1.00 bits per heavy atom. The number of aryl methyl sites for hydroxylation is 2. The molecule has 0 N–H and O–H groups in total. The smallest absolute Gasteiger partial charge is 0.00727 e. The van der Waals surface area contributed by atoms with Crippen molar-refractivity contribution in [3.8, 4) is 0 Å². The van der Waals surface area contributed by atoms with Crippen LogP contribution in [0.3, 0.4) is 0 Å². The summed E-state index contributed by atoms with van der Waals surface area (Å²) in [5.41, 5.74) is 4.79. The maximum atomic E-state index is 2.45. The molecule has 0 amide bonds. The van der Waals surface area contributed by atoms with Gasteiger partial charge in [0, 0.05) is 0 Å². The Morgan fingerprint density at radius 2 is 1.71 bits per heavy atom. The average molecular weight is 232 g/mol. The quantitative estimate of drug-likeness (QED) is 0.603. The number of hydrogen-bond acceptors (Lipinski definition) is 0. The van der Waals surface area contributed by atoms with Gasteiger partial charge in [-0.2, -0.15) is 0 Å². The van der Waals surface area contributed by atoms with Gasteiger partial charge in [0.2, 0.25) is 0 Å². The van der Waals surface area contributed by atoms with Crippen LogP contribution < -0.4 is 0 Å². The van der Waals surface area contributed by atoms with Crippen LogP contribution in [0.1, 0.15) is 69.6 Å². The summed E-state index contributed by atoms with van der Waals surface area (Å²) in [7, 11) is 0. The third-order valence-electron chi connectivity index (χ3n) is 3.92. The van der Waals surface area contributed by atoms with E-state index in [4.69, 9.17) is 0 Å². The fourth-order valence-electron chi connectivity index (χ4n) is 3.00. The molecule has 1 atom stereocenters. The van der Waals surface area contributed by atoms with Gasteiger partial charge in [-0.1, -0.05) is 63.8 Å². The van der Waals surface area contributed by atoms with Crippen LogP contribution in [0.15, 0.2) is 18.2 Å². The van der Waals surface area contributed by atoms with Gasteiger partial charge in [0.25, 0.3) is 0 Å². The third-order valence-corrected chi connectivity index (χ3v) is 3.92. The lowest BCUT2D eigenvalue weighted by Gasteiger charge is -2.32. The van der Waals surface area contributed by atoms with Crippen LogP contribution in [0.2, 0.25) is 0 Å². The van der Waals surface area contributed by atoms with Crippen LogP contribution in [0.25, 0.3) is 0 Å². The molecule has 0 radical (unpaired) electrons. The molecule has 0 spiro atoms. The van der Waals surface area contributed by atoms with Crippen molar-refractivity contribution in [2.75, 3.05) is 0 Å². The molecule has 0 heterocycles. The highest BCUT2D eigenvalue weighted by Crippen LogP contribution is 2.36. The van der Waals surface area contributed by atoms with Crippen LogP contribution in [-0.4, -0.2) is 0 Å². The molecule has 96 valence electrons. The highest BCUT2D eigenvalue weighted by molar-refractivity contribution is 5.36. The molecule has 0 saturated carbocycles. The molecule has 0 aliphatic carbocycles. The molecule has 0 aliphatic heterocycles. The van der Waals surface area contributed by atoms with E-state index in [2.05, 4.69) is 52.8 Å². The molecule has 0 aliphatic rings. The van der Waals surface area contributed by atoms with Crippen LogP contribution in [0, 0.1) is 13.8 Å². The minimum absolute atomic E-state index is 0.378. The zero-order valence-corrected chi connectivity index (χ0v) is 12.3. The Hall–Kier alpha value is -0.780. The van der Waals surface area contributed by atoms with Crippen molar-refractivity contribution >= 4 is 0 Å². The lowest BCUT2D eigenvalue weighted by atomic mass is 9.73. The molecule has 1 aromatic carbocycles. The number of benzene rings is 1. The van der Waals surface area contributed by atoms with E-state index in [-0.39, 0.29) is 0 Å². The minimum Gasteiger partial charge on any atom is -0.0654 e. The number of unbranched alkanes of at least 4 members (excludes halogenated alkanes) is 1. The maximum Gasteiger partial charge on any atom is -0.00727 e. The molecule has 0 bridgehead atoms. The van der Waals surface area contributed by atoms with Gasteiger partial charge in [0.05, 0.1) is 0 Å². The van der Waals surface area contributed by atoms with E-state index >= 15 is 0 Å². The first kappa shape index (κ1) is 14.3. The summed E-state index contributed by atoms with van der Waals surface area (Å²) in [6.07, 6.45) is 6.53. The second-order valence-electron chi connectivity index (χ2n) is 5.73. The van der Waals surface area contributed by atoms with Crippen molar-refractivity contribution in [3.05, 3.63) is 34.9 Å². The fourth-order valence-corrected chi connectivity index (χ4v) is 3.00. The van der Waals surface area contributed by atoms with Gasteiger partial charge in [-0.15, -0.1) is 0 Å². The largest absolute Gasteiger partial charge is 0.0654 e. The Balaban J connectivity index is 3.03. The van der Waals surface area contributed by atoms with Gasteiger partial charge in [0.1, 0.15) is 0 Å². The Morgan fingerprint density at radius 3 is 2.24 bits per heavy atom. The van der Waals surface area contributed by atoms with E-state index in [1.807, 2.05) is 0 Å². The van der Waals surface area contributed by atoms with Crippen LogP contribution >= 0.6 is 0 Å². The molecule has 0 aromatic heterocycles. The monoisotopic (exact) mass is 232 g/mol. The molecular weight excluding hydrogens is 204 g/mol. The molecule has 0 saturated heterocycles. The van der Waals surface area contributed by atoms with E-state index < -0.39 is 0 Å². The van der Waals surface area contributed by atoms with E-state index in [0.29, 0.717) is 5.41 Å². The van der Waals surface area contributed by atoms with Gasteiger partial charge >= 0.3 is 0 Å². The van der Waals surface area contributed by atoms with E-state index in [1.165, 1.54) is 43.2 Å². The highest BCUT2D eigenvalue weighted by atomic mass is 14.3. The van der Waals surface area contributed by atoms with Gasteiger partial charge in [-0.25, -0.2) is 0 Å². The van der Waals surface area contributed by atoms with Crippen molar-refractivity contribution in [3.63, 3.8) is 0 Å². The summed E-state index contributed by atoms with van der Waals surface area (Å²) in [6, 6.07) is 6.95. The molecular formula is C17H28. The van der Waals surface area contributed by atoms with E-state index in [1.54, 1.807) is 5.56 Å². The van der Waals surface area contributed by atoms with E-state index in [9.17, 15) is 0 Å². The van der Waals surface area contributed by atoms with Crippen molar-refractivity contribution < 1.29 is 0 Å². The molecule has 17 heavy (non-hydrogen) atoms. The third kappa shape index (κ3) is 3.59. The van der Waals surface area contributed by atoms with Gasteiger partial charge < -0.3 is 0 Å². The standard InChI is InChI=1S/C17H28/c1-6-8-12-17(5,11-7-2)16-10-9-14(3)13-15(16)4/h9-10,13H,6-8,11-12H2,1-5H3. The number of rotatable bonds is 6. The Bertz CT molecular complexity index is 351. The molecule has 0 fully saturated rings. The predicted molar refractivity (Wildman–Crippen MR) is 77.7 cm³/mol. The van der Waals surface area contributed by atoms with Gasteiger partial charge in [0.15, 0.2) is 0 Å². The minimum atomic E-state index is 0.378. The summed E-state index contributed by atoms with van der Waals surface area (Å²) in [6.45, 7) is 11.5. The first-order valence-electron chi connectivity index (χ1n) is 7.11. The molecule has 1 rings (SSSR count). The first-order valence-corrected chi connectivity index (χ1v) is 7.11. The fraction of sp³-hybridized carbons (Fsp3) is 0.647. The van der Waals surface area contributed by atoms with Gasteiger partial charge in [-0.3, -0.25) is 0 Å². The lowest BCUT2D eigenvalue weighted by Crippen LogP contribution is -2.23. The van der Waals surface area contributed by atoms with Gasteiger partial charge in [-0.05, 0) is 43.2 Å². The first-order chi connectivity index (χ1) is 8.03. The highest BCUT2D eigenvalue weighted by Gasteiger charge is 2.26. The van der Waals surface area contributed by atoms with E-state index in [0.717, 1.165) is 0 Å². The zero-order valence-electron chi connectivity index (χ0n) is 12.3. The summed E-state index contributed by atoms with van der Waals surface area (Å²) < 4.78 is 0. The number of hydrogen-bond donors (Lipinski definition) is 0. The second-order valence-corrected chi connectivity index (χ2v) is 5.73. The topological polar surface area (TPSA) is 0 Å². The molecule has 1 unspecified atom stereocenters.